The van der Waals surface area contributed by atoms with Crippen molar-refractivity contribution in [3.8, 4) is 11.9 Å². The summed E-state index contributed by atoms with van der Waals surface area (Å²) in [6.07, 6.45) is 5.15. The van der Waals surface area contributed by atoms with Crippen LogP contribution in [0, 0.1) is 11.3 Å². The fourth-order valence-electron chi connectivity index (χ4n) is 2.57. The van der Waals surface area contributed by atoms with Crippen molar-refractivity contribution in [3.63, 3.8) is 0 Å². The zero-order valence-corrected chi connectivity index (χ0v) is 13.9. The van der Waals surface area contributed by atoms with Crippen molar-refractivity contribution >= 4 is 6.03 Å². The first-order chi connectivity index (χ1) is 10.9. The standard InChI is InChI=1S/C17H24N4O2/c1-17(2,3)21-16(22)20-13-5-7-14(8-6-13)23-15-9-4-12(10-18)11-19-15/h4,9,11,13-14H,5-8H2,1-3H3,(H2,20,21,22). The minimum Gasteiger partial charge on any atom is -0.474 e. The highest BCUT2D eigenvalue weighted by molar-refractivity contribution is 5.74. The minimum atomic E-state index is -0.231. The molecule has 0 spiro atoms. The van der Waals surface area contributed by atoms with Crippen LogP contribution in [0.25, 0.3) is 0 Å². The number of hydrogen-bond donors (Lipinski definition) is 2. The quantitative estimate of drug-likeness (QED) is 0.897. The van der Waals surface area contributed by atoms with Gasteiger partial charge in [-0.15, -0.1) is 0 Å². The van der Waals surface area contributed by atoms with Crippen LogP contribution in [-0.4, -0.2) is 28.7 Å². The molecule has 6 nitrogen and oxygen atoms in total. The summed E-state index contributed by atoms with van der Waals surface area (Å²) in [4.78, 5) is 16.0. The van der Waals surface area contributed by atoms with E-state index in [0.717, 1.165) is 25.7 Å². The molecule has 0 radical (unpaired) electrons. The van der Waals surface area contributed by atoms with Gasteiger partial charge in [-0.1, -0.05) is 0 Å². The smallest absolute Gasteiger partial charge is 0.315 e. The second kappa shape index (κ2) is 7.32. The number of nitriles is 1. The topological polar surface area (TPSA) is 87.0 Å². The van der Waals surface area contributed by atoms with Crippen molar-refractivity contribution in [3.05, 3.63) is 23.9 Å². The molecule has 6 heteroatoms. The van der Waals surface area contributed by atoms with Crippen LogP contribution in [0.1, 0.15) is 52.0 Å². The summed E-state index contributed by atoms with van der Waals surface area (Å²) in [5.41, 5.74) is 0.293. The summed E-state index contributed by atoms with van der Waals surface area (Å²) in [5.74, 6) is 0.547. The molecule has 1 fully saturated rings. The van der Waals surface area contributed by atoms with Gasteiger partial charge in [-0.25, -0.2) is 9.78 Å². The molecule has 0 aromatic carbocycles. The minimum absolute atomic E-state index is 0.110. The van der Waals surface area contributed by atoms with E-state index in [1.165, 1.54) is 6.20 Å². The summed E-state index contributed by atoms with van der Waals surface area (Å²) in [5, 5.41) is 14.7. The average molecular weight is 316 g/mol. The predicted octanol–water partition coefficient (Wildman–Crippen LogP) is 2.74. The van der Waals surface area contributed by atoms with Gasteiger partial charge in [0.25, 0.3) is 0 Å². The number of nitrogens with one attached hydrogen (secondary N) is 2. The molecule has 2 amide bonds. The lowest BCUT2D eigenvalue weighted by Gasteiger charge is -2.30. The molecule has 0 bridgehead atoms. The van der Waals surface area contributed by atoms with Crippen LogP contribution in [-0.2, 0) is 0 Å². The van der Waals surface area contributed by atoms with Gasteiger partial charge in [-0.3, -0.25) is 0 Å². The van der Waals surface area contributed by atoms with Crippen molar-refractivity contribution in [2.75, 3.05) is 0 Å². The Balaban J connectivity index is 1.75. The Kier molecular flexibility index (Phi) is 5.43. The van der Waals surface area contributed by atoms with Crippen LogP contribution in [0.15, 0.2) is 18.3 Å². The molecule has 1 aliphatic rings. The molecule has 23 heavy (non-hydrogen) atoms. The molecular formula is C17H24N4O2. The Bertz CT molecular complexity index is 564. The number of carbonyl (C=O) groups is 1. The van der Waals surface area contributed by atoms with Gasteiger partial charge in [0.2, 0.25) is 5.88 Å². The van der Waals surface area contributed by atoms with Crippen LogP contribution in [0.4, 0.5) is 4.79 Å². The van der Waals surface area contributed by atoms with Gasteiger partial charge >= 0.3 is 6.03 Å². The van der Waals surface area contributed by atoms with Crippen molar-refractivity contribution in [1.82, 2.24) is 15.6 Å². The summed E-state index contributed by atoms with van der Waals surface area (Å²) < 4.78 is 5.84. The fraction of sp³-hybridized carbons (Fsp3) is 0.588. The highest BCUT2D eigenvalue weighted by Gasteiger charge is 2.24. The Morgan fingerprint density at radius 1 is 1.30 bits per heavy atom. The van der Waals surface area contributed by atoms with E-state index >= 15 is 0 Å². The molecule has 1 heterocycles. The van der Waals surface area contributed by atoms with Crippen molar-refractivity contribution in [2.24, 2.45) is 0 Å². The van der Waals surface area contributed by atoms with Crippen molar-refractivity contribution in [1.29, 1.82) is 5.26 Å². The molecule has 1 aromatic rings. The third-order valence-electron chi connectivity index (χ3n) is 3.65. The second-order valence-corrected chi connectivity index (χ2v) is 6.94. The molecule has 0 saturated heterocycles. The maximum Gasteiger partial charge on any atom is 0.315 e. The number of hydrogen-bond acceptors (Lipinski definition) is 4. The van der Waals surface area contributed by atoms with Crippen LogP contribution in [0.3, 0.4) is 0 Å². The average Bonchev–Trinajstić information content (AvgIpc) is 2.48. The zero-order valence-electron chi connectivity index (χ0n) is 13.9. The molecule has 0 atom stereocenters. The largest absolute Gasteiger partial charge is 0.474 e. The van der Waals surface area contributed by atoms with Gasteiger partial charge in [0.05, 0.1) is 5.56 Å². The van der Waals surface area contributed by atoms with Crippen LogP contribution < -0.4 is 15.4 Å². The number of pyridine rings is 1. The highest BCUT2D eigenvalue weighted by Crippen LogP contribution is 2.23. The molecule has 2 N–H and O–H groups in total. The molecule has 2 rings (SSSR count). The van der Waals surface area contributed by atoms with E-state index in [1.807, 2.05) is 26.8 Å². The van der Waals surface area contributed by atoms with Gasteiger partial charge in [-0.05, 0) is 52.5 Å². The Hall–Kier alpha value is -2.29. The molecule has 1 aliphatic carbocycles. The second-order valence-electron chi connectivity index (χ2n) is 6.94. The number of aromatic nitrogens is 1. The summed E-state index contributed by atoms with van der Waals surface area (Å²) >= 11 is 0. The molecule has 1 saturated carbocycles. The number of rotatable bonds is 3. The third-order valence-corrected chi connectivity index (χ3v) is 3.65. The molecule has 124 valence electrons. The summed E-state index contributed by atoms with van der Waals surface area (Å²) in [7, 11) is 0. The first-order valence-corrected chi connectivity index (χ1v) is 7.97. The van der Waals surface area contributed by atoms with Gasteiger partial charge in [0.1, 0.15) is 12.2 Å². The van der Waals surface area contributed by atoms with Crippen molar-refractivity contribution in [2.45, 2.75) is 64.1 Å². The molecule has 1 aromatic heterocycles. The maximum atomic E-state index is 11.9. The highest BCUT2D eigenvalue weighted by atomic mass is 16.5. The van der Waals surface area contributed by atoms with E-state index in [9.17, 15) is 4.79 Å². The lowest BCUT2D eigenvalue weighted by molar-refractivity contribution is 0.134. The maximum absolute atomic E-state index is 11.9. The van der Waals surface area contributed by atoms with E-state index in [4.69, 9.17) is 10.00 Å². The Morgan fingerprint density at radius 2 is 2.00 bits per heavy atom. The fourth-order valence-corrected chi connectivity index (χ4v) is 2.57. The monoisotopic (exact) mass is 316 g/mol. The SMILES string of the molecule is CC(C)(C)NC(=O)NC1CCC(Oc2ccc(C#N)cn2)CC1. The van der Waals surface area contributed by atoms with Crippen LogP contribution >= 0.6 is 0 Å². The predicted molar refractivity (Wildman–Crippen MR) is 87.0 cm³/mol. The number of carbonyl (C=O) groups excluding carboxylic acids is 1. The van der Waals surface area contributed by atoms with E-state index < -0.39 is 0 Å². The van der Waals surface area contributed by atoms with Crippen molar-refractivity contribution < 1.29 is 9.53 Å². The first kappa shape index (κ1) is 17.1. The van der Waals surface area contributed by atoms with E-state index in [-0.39, 0.29) is 23.7 Å². The van der Waals surface area contributed by atoms with E-state index in [1.54, 1.807) is 12.1 Å². The number of amides is 2. The molecular weight excluding hydrogens is 292 g/mol. The zero-order chi connectivity index (χ0) is 16.9. The number of nitrogens with zero attached hydrogens (tertiary/aromatic N) is 2. The van der Waals surface area contributed by atoms with Gasteiger partial charge < -0.3 is 15.4 Å². The van der Waals surface area contributed by atoms with Crippen LogP contribution in [0.2, 0.25) is 0 Å². The van der Waals surface area contributed by atoms with Gasteiger partial charge in [0.15, 0.2) is 0 Å². The number of ether oxygens (including phenoxy) is 1. The summed E-state index contributed by atoms with van der Waals surface area (Å²) in [6, 6.07) is 5.53. The van der Waals surface area contributed by atoms with Gasteiger partial charge in [0, 0.05) is 23.8 Å². The normalized spacial score (nSPS) is 21.1. The Labute approximate surface area is 137 Å². The lowest BCUT2D eigenvalue weighted by Crippen LogP contribution is -2.50. The summed E-state index contributed by atoms with van der Waals surface area (Å²) in [6.45, 7) is 5.88. The molecule has 0 aliphatic heterocycles. The first-order valence-electron chi connectivity index (χ1n) is 7.97. The van der Waals surface area contributed by atoms with E-state index in [2.05, 4.69) is 15.6 Å². The molecule has 0 unspecified atom stereocenters. The Morgan fingerprint density at radius 3 is 2.52 bits per heavy atom. The van der Waals surface area contributed by atoms with Gasteiger partial charge in [-0.2, -0.15) is 5.26 Å². The van der Waals surface area contributed by atoms with E-state index in [0.29, 0.717) is 11.4 Å². The number of urea groups is 1. The third kappa shape index (κ3) is 5.78. The van der Waals surface area contributed by atoms with Crippen LogP contribution in [0.5, 0.6) is 5.88 Å². The lowest BCUT2D eigenvalue weighted by atomic mass is 9.93.